The van der Waals surface area contributed by atoms with Crippen molar-refractivity contribution in [3.8, 4) is 0 Å². The topological polar surface area (TPSA) is 41.1 Å². The molecule has 0 radical (unpaired) electrons. The maximum atomic E-state index is 4.61. The highest BCUT2D eigenvalue weighted by molar-refractivity contribution is 5.34. The Morgan fingerprint density at radius 2 is 2.16 bits per heavy atom. The molecule has 0 amide bonds. The molecule has 19 heavy (non-hydrogen) atoms. The van der Waals surface area contributed by atoms with Crippen LogP contribution in [0.5, 0.6) is 0 Å². The van der Waals surface area contributed by atoms with Crippen molar-refractivity contribution >= 4 is 5.95 Å². The van der Waals surface area contributed by atoms with E-state index in [9.17, 15) is 0 Å². The van der Waals surface area contributed by atoms with Crippen LogP contribution in [0.4, 0.5) is 5.95 Å². The third-order valence-electron chi connectivity index (χ3n) is 2.94. The van der Waals surface area contributed by atoms with E-state index in [2.05, 4.69) is 40.6 Å². The molecule has 0 atom stereocenters. The molecular weight excluding hydrogens is 236 g/mol. The van der Waals surface area contributed by atoms with E-state index in [4.69, 9.17) is 0 Å². The third kappa shape index (κ3) is 4.99. The van der Waals surface area contributed by atoms with Crippen LogP contribution in [0.15, 0.2) is 18.3 Å². The van der Waals surface area contributed by atoms with E-state index in [1.165, 1.54) is 5.56 Å². The molecule has 0 fully saturated rings. The monoisotopic (exact) mass is 262 g/mol. The lowest BCUT2D eigenvalue weighted by Gasteiger charge is -2.21. The molecule has 0 bridgehead atoms. The van der Waals surface area contributed by atoms with Gasteiger partial charge in [-0.15, -0.1) is 0 Å². The van der Waals surface area contributed by atoms with E-state index < -0.39 is 0 Å². The Morgan fingerprint density at radius 3 is 2.68 bits per heavy atom. The number of likely N-dealkylation sites (N-methyl/N-ethyl adjacent to an activating group) is 1. The van der Waals surface area contributed by atoms with Crippen LogP contribution in [0.3, 0.4) is 0 Å². The first-order chi connectivity index (χ1) is 9.08. The Bertz CT molecular complexity index is 415. The third-order valence-corrected chi connectivity index (χ3v) is 2.94. The quantitative estimate of drug-likeness (QED) is 0.577. The summed E-state index contributed by atoms with van der Waals surface area (Å²) in [5, 5.41) is 3.38. The van der Waals surface area contributed by atoms with Gasteiger partial charge in [-0.2, -0.15) is 0 Å². The van der Waals surface area contributed by atoms with Crippen molar-refractivity contribution in [2.75, 3.05) is 24.5 Å². The van der Waals surface area contributed by atoms with Crippen molar-refractivity contribution in [2.45, 2.75) is 40.7 Å². The summed E-state index contributed by atoms with van der Waals surface area (Å²) in [7, 11) is 0. The molecule has 1 heterocycles. The highest BCUT2D eigenvalue weighted by Crippen LogP contribution is 2.12. The molecule has 0 spiro atoms. The fourth-order valence-corrected chi connectivity index (χ4v) is 1.86. The van der Waals surface area contributed by atoms with Crippen LogP contribution in [0.25, 0.3) is 0 Å². The lowest BCUT2D eigenvalue weighted by atomic mass is 10.2. The van der Waals surface area contributed by atoms with Crippen LogP contribution in [0.2, 0.25) is 0 Å². The number of aryl methyl sites for hydroxylation is 1. The molecule has 0 aliphatic heterocycles. The minimum absolute atomic E-state index is 0.794. The van der Waals surface area contributed by atoms with Crippen LogP contribution in [0.1, 0.15) is 38.4 Å². The summed E-state index contributed by atoms with van der Waals surface area (Å²) in [6.45, 7) is 15.9. The molecule has 0 saturated carbocycles. The first kappa shape index (κ1) is 15.6. The number of nitrogens with one attached hydrogen (secondary N) is 1. The van der Waals surface area contributed by atoms with Gasteiger partial charge in [0.05, 0.1) is 0 Å². The molecule has 1 N–H and O–H groups in total. The van der Waals surface area contributed by atoms with E-state index in [1.807, 2.05) is 20.0 Å². The SMILES string of the molecule is C=C(C)CN(CC)c1ncc(CNCCC)c(C)n1. The van der Waals surface area contributed by atoms with Crippen molar-refractivity contribution in [3.63, 3.8) is 0 Å². The van der Waals surface area contributed by atoms with Gasteiger partial charge in [-0.3, -0.25) is 0 Å². The van der Waals surface area contributed by atoms with Crippen molar-refractivity contribution in [1.29, 1.82) is 0 Å². The molecule has 0 aliphatic carbocycles. The highest BCUT2D eigenvalue weighted by Gasteiger charge is 2.09. The predicted octanol–water partition coefficient (Wildman–Crippen LogP) is 2.69. The van der Waals surface area contributed by atoms with Gasteiger partial charge >= 0.3 is 0 Å². The number of rotatable bonds is 8. The largest absolute Gasteiger partial charge is 0.337 e. The van der Waals surface area contributed by atoms with Crippen LogP contribution < -0.4 is 10.2 Å². The van der Waals surface area contributed by atoms with Crippen LogP contribution >= 0.6 is 0 Å². The van der Waals surface area contributed by atoms with Gasteiger partial charge in [-0.25, -0.2) is 9.97 Å². The fourth-order valence-electron chi connectivity index (χ4n) is 1.86. The molecule has 4 nitrogen and oxygen atoms in total. The summed E-state index contributed by atoms with van der Waals surface area (Å²) >= 11 is 0. The van der Waals surface area contributed by atoms with E-state index in [-0.39, 0.29) is 0 Å². The molecule has 0 unspecified atom stereocenters. The van der Waals surface area contributed by atoms with E-state index in [0.717, 1.165) is 49.8 Å². The number of nitrogens with zero attached hydrogens (tertiary/aromatic N) is 3. The second kappa shape index (κ2) is 7.89. The van der Waals surface area contributed by atoms with Gasteiger partial charge in [0, 0.05) is 37.1 Å². The van der Waals surface area contributed by atoms with E-state index >= 15 is 0 Å². The summed E-state index contributed by atoms with van der Waals surface area (Å²) in [5.74, 6) is 0.794. The summed E-state index contributed by atoms with van der Waals surface area (Å²) in [4.78, 5) is 11.2. The van der Waals surface area contributed by atoms with E-state index in [1.54, 1.807) is 0 Å². The van der Waals surface area contributed by atoms with E-state index in [0.29, 0.717) is 0 Å². The average molecular weight is 262 g/mol. The standard InChI is InChI=1S/C15H26N4/c1-6-8-16-9-14-10-17-15(18-13(14)5)19(7-2)11-12(3)4/h10,16H,3,6-9,11H2,1-2,4-5H3. The fraction of sp³-hybridized carbons (Fsp3) is 0.600. The first-order valence-corrected chi connectivity index (χ1v) is 7.01. The first-order valence-electron chi connectivity index (χ1n) is 7.01. The molecule has 1 rings (SSSR count). The molecule has 0 saturated heterocycles. The van der Waals surface area contributed by atoms with Gasteiger partial charge in [0.15, 0.2) is 0 Å². The summed E-state index contributed by atoms with van der Waals surface area (Å²) < 4.78 is 0. The zero-order valence-corrected chi connectivity index (χ0v) is 12.7. The summed E-state index contributed by atoms with van der Waals surface area (Å²) in [5.41, 5.74) is 3.34. The molecule has 4 heteroatoms. The number of aromatic nitrogens is 2. The second-order valence-corrected chi connectivity index (χ2v) is 4.93. The number of hydrogen-bond acceptors (Lipinski definition) is 4. The Hall–Kier alpha value is -1.42. The predicted molar refractivity (Wildman–Crippen MR) is 81.5 cm³/mol. The Kier molecular flexibility index (Phi) is 6.50. The van der Waals surface area contributed by atoms with Crippen molar-refractivity contribution in [1.82, 2.24) is 15.3 Å². The summed E-state index contributed by atoms with van der Waals surface area (Å²) in [6.07, 6.45) is 3.07. The van der Waals surface area contributed by atoms with Gasteiger partial charge in [-0.1, -0.05) is 19.1 Å². The van der Waals surface area contributed by atoms with Crippen LogP contribution in [-0.2, 0) is 6.54 Å². The molecule has 106 valence electrons. The zero-order valence-electron chi connectivity index (χ0n) is 12.7. The van der Waals surface area contributed by atoms with Crippen molar-refractivity contribution in [3.05, 3.63) is 29.6 Å². The van der Waals surface area contributed by atoms with Crippen molar-refractivity contribution in [2.24, 2.45) is 0 Å². The van der Waals surface area contributed by atoms with Gasteiger partial charge in [0.25, 0.3) is 0 Å². The smallest absolute Gasteiger partial charge is 0.225 e. The van der Waals surface area contributed by atoms with Gasteiger partial charge in [-0.05, 0) is 33.7 Å². The minimum Gasteiger partial charge on any atom is -0.337 e. The highest BCUT2D eigenvalue weighted by atomic mass is 15.2. The Morgan fingerprint density at radius 1 is 1.42 bits per heavy atom. The second-order valence-electron chi connectivity index (χ2n) is 4.93. The Labute approximate surface area is 117 Å². The molecule has 0 aliphatic rings. The Balaban J connectivity index is 2.76. The average Bonchev–Trinajstić information content (AvgIpc) is 2.38. The van der Waals surface area contributed by atoms with Gasteiger partial charge < -0.3 is 10.2 Å². The lowest BCUT2D eigenvalue weighted by Crippen LogP contribution is -2.27. The molecule has 0 aromatic carbocycles. The normalized spacial score (nSPS) is 10.5. The lowest BCUT2D eigenvalue weighted by molar-refractivity contribution is 0.667. The van der Waals surface area contributed by atoms with Crippen LogP contribution in [0, 0.1) is 6.92 Å². The maximum Gasteiger partial charge on any atom is 0.225 e. The van der Waals surface area contributed by atoms with Crippen molar-refractivity contribution < 1.29 is 0 Å². The molecule has 1 aromatic heterocycles. The number of hydrogen-bond donors (Lipinski definition) is 1. The summed E-state index contributed by atoms with van der Waals surface area (Å²) in [6, 6.07) is 0. The number of anilines is 1. The maximum absolute atomic E-state index is 4.61. The van der Waals surface area contributed by atoms with Gasteiger partial charge in [0.1, 0.15) is 0 Å². The minimum atomic E-state index is 0.794. The zero-order chi connectivity index (χ0) is 14.3. The molecule has 1 aromatic rings. The van der Waals surface area contributed by atoms with Gasteiger partial charge in [0.2, 0.25) is 5.95 Å². The van der Waals surface area contributed by atoms with Crippen LogP contribution in [-0.4, -0.2) is 29.6 Å². The molecular formula is C15H26N4.